The van der Waals surface area contributed by atoms with Gasteiger partial charge in [0.25, 0.3) is 0 Å². The molecule has 3 rings (SSSR count). The summed E-state index contributed by atoms with van der Waals surface area (Å²) in [6.45, 7) is 10.6. The molecule has 1 N–H and O–H groups in total. The van der Waals surface area contributed by atoms with Crippen LogP contribution in [0.15, 0.2) is 30.3 Å². The zero-order valence-corrected chi connectivity index (χ0v) is 13.2. The van der Waals surface area contributed by atoms with Gasteiger partial charge in [0.2, 0.25) is 0 Å². The maximum Gasteiger partial charge on any atom is 0.0535 e. The van der Waals surface area contributed by atoms with Crippen molar-refractivity contribution in [3.8, 4) is 0 Å². The third kappa shape index (κ3) is 2.64. The maximum atomic E-state index is 3.77. The second-order valence-corrected chi connectivity index (χ2v) is 7.19. The Labute approximate surface area is 123 Å². The Balaban J connectivity index is 1.75. The molecule has 1 saturated carbocycles. The van der Waals surface area contributed by atoms with E-state index < -0.39 is 0 Å². The van der Waals surface area contributed by atoms with E-state index in [2.05, 4.69) is 61.3 Å². The lowest BCUT2D eigenvalue weighted by molar-refractivity contribution is 0.0732. The third-order valence-corrected chi connectivity index (χ3v) is 5.59. The first kappa shape index (κ1) is 14.1. The van der Waals surface area contributed by atoms with E-state index in [4.69, 9.17) is 0 Å². The fourth-order valence-corrected chi connectivity index (χ4v) is 3.56. The van der Waals surface area contributed by atoms with Gasteiger partial charge in [0.1, 0.15) is 0 Å². The number of hydrogen-bond donors (Lipinski definition) is 1. The van der Waals surface area contributed by atoms with Gasteiger partial charge in [0.05, 0.1) is 5.54 Å². The van der Waals surface area contributed by atoms with Crippen molar-refractivity contribution in [1.82, 2.24) is 10.2 Å². The van der Waals surface area contributed by atoms with Crippen molar-refractivity contribution in [2.45, 2.75) is 51.6 Å². The second-order valence-electron chi connectivity index (χ2n) is 7.19. The van der Waals surface area contributed by atoms with Gasteiger partial charge in [-0.1, -0.05) is 37.3 Å². The minimum absolute atomic E-state index is 0.0948. The van der Waals surface area contributed by atoms with Crippen molar-refractivity contribution in [2.75, 3.05) is 19.6 Å². The molecule has 1 aromatic rings. The van der Waals surface area contributed by atoms with Gasteiger partial charge >= 0.3 is 0 Å². The van der Waals surface area contributed by atoms with Crippen LogP contribution in [0.4, 0.5) is 0 Å². The molecule has 20 heavy (non-hydrogen) atoms. The quantitative estimate of drug-likeness (QED) is 0.904. The number of hydrogen-bond acceptors (Lipinski definition) is 2. The highest BCUT2D eigenvalue weighted by atomic mass is 15.3. The van der Waals surface area contributed by atoms with Gasteiger partial charge in [0, 0.05) is 25.7 Å². The largest absolute Gasteiger partial charge is 0.305 e. The third-order valence-electron chi connectivity index (χ3n) is 5.59. The molecule has 0 spiro atoms. The van der Waals surface area contributed by atoms with Gasteiger partial charge in [-0.25, -0.2) is 0 Å². The van der Waals surface area contributed by atoms with Crippen molar-refractivity contribution < 1.29 is 0 Å². The molecule has 0 radical (unpaired) electrons. The SMILES string of the molecule is CCC1(CN2CC(C)(c3ccccc3)NCC2C)CC1. The molecule has 2 aliphatic rings. The normalized spacial score (nSPS) is 33.0. The molecule has 0 amide bonds. The van der Waals surface area contributed by atoms with Crippen LogP contribution in [0.5, 0.6) is 0 Å². The summed E-state index contributed by atoms with van der Waals surface area (Å²) >= 11 is 0. The predicted molar refractivity (Wildman–Crippen MR) is 84.8 cm³/mol. The topological polar surface area (TPSA) is 15.3 Å². The summed E-state index contributed by atoms with van der Waals surface area (Å²) in [7, 11) is 0. The molecular weight excluding hydrogens is 244 g/mol. The molecule has 0 aromatic heterocycles. The van der Waals surface area contributed by atoms with Crippen LogP contribution < -0.4 is 5.32 Å². The minimum Gasteiger partial charge on any atom is -0.305 e. The van der Waals surface area contributed by atoms with Crippen LogP contribution in [0.2, 0.25) is 0 Å². The van der Waals surface area contributed by atoms with Crippen LogP contribution in [0, 0.1) is 5.41 Å². The van der Waals surface area contributed by atoms with E-state index in [1.165, 1.54) is 31.4 Å². The van der Waals surface area contributed by atoms with Crippen LogP contribution >= 0.6 is 0 Å². The molecule has 2 fully saturated rings. The minimum atomic E-state index is 0.0948. The first-order valence-corrected chi connectivity index (χ1v) is 8.12. The van der Waals surface area contributed by atoms with E-state index >= 15 is 0 Å². The van der Waals surface area contributed by atoms with Crippen LogP contribution in [0.1, 0.15) is 45.6 Å². The van der Waals surface area contributed by atoms with Crippen molar-refractivity contribution in [1.29, 1.82) is 0 Å². The van der Waals surface area contributed by atoms with Crippen LogP contribution in [0.25, 0.3) is 0 Å². The first-order valence-electron chi connectivity index (χ1n) is 8.12. The molecule has 110 valence electrons. The number of rotatable bonds is 4. The summed E-state index contributed by atoms with van der Waals surface area (Å²) < 4.78 is 0. The molecule has 2 nitrogen and oxygen atoms in total. The van der Waals surface area contributed by atoms with Crippen molar-refractivity contribution in [3.63, 3.8) is 0 Å². The Kier molecular flexibility index (Phi) is 3.64. The summed E-state index contributed by atoms with van der Waals surface area (Å²) in [5, 5.41) is 3.77. The smallest absolute Gasteiger partial charge is 0.0535 e. The van der Waals surface area contributed by atoms with E-state index in [0.29, 0.717) is 11.5 Å². The van der Waals surface area contributed by atoms with Gasteiger partial charge in [-0.05, 0) is 44.1 Å². The van der Waals surface area contributed by atoms with Crippen LogP contribution in [-0.4, -0.2) is 30.6 Å². The molecule has 1 heterocycles. The van der Waals surface area contributed by atoms with E-state index in [9.17, 15) is 0 Å². The highest BCUT2D eigenvalue weighted by Gasteiger charge is 2.45. The molecule has 2 heteroatoms. The summed E-state index contributed by atoms with van der Waals surface area (Å²) in [6.07, 6.45) is 4.20. The lowest BCUT2D eigenvalue weighted by Crippen LogP contribution is -2.61. The molecular formula is C18H28N2. The number of benzene rings is 1. The fraction of sp³-hybridized carbons (Fsp3) is 0.667. The fourth-order valence-electron chi connectivity index (χ4n) is 3.56. The molecule has 1 aliphatic carbocycles. The molecule has 0 bridgehead atoms. The summed E-state index contributed by atoms with van der Waals surface area (Å²) in [5.74, 6) is 0. The summed E-state index contributed by atoms with van der Waals surface area (Å²) in [4.78, 5) is 2.72. The summed E-state index contributed by atoms with van der Waals surface area (Å²) in [6, 6.07) is 11.6. The van der Waals surface area contributed by atoms with Gasteiger partial charge in [-0.15, -0.1) is 0 Å². The monoisotopic (exact) mass is 272 g/mol. The predicted octanol–water partition coefficient (Wildman–Crippen LogP) is 3.39. The average Bonchev–Trinajstić information content (AvgIpc) is 3.24. The maximum absolute atomic E-state index is 3.77. The molecule has 1 aromatic carbocycles. The van der Waals surface area contributed by atoms with Gasteiger partial charge in [0.15, 0.2) is 0 Å². The van der Waals surface area contributed by atoms with Gasteiger partial charge < -0.3 is 5.32 Å². The van der Waals surface area contributed by atoms with E-state index in [1.807, 2.05) is 0 Å². The Hall–Kier alpha value is -0.860. The Bertz CT molecular complexity index is 452. The zero-order chi connectivity index (χ0) is 14.2. The lowest BCUT2D eigenvalue weighted by Gasteiger charge is -2.46. The van der Waals surface area contributed by atoms with E-state index in [0.717, 1.165) is 13.1 Å². The summed E-state index contributed by atoms with van der Waals surface area (Å²) in [5.41, 5.74) is 2.15. The van der Waals surface area contributed by atoms with Crippen molar-refractivity contribution in [3.05, 3.63) is 35.9 Å². The molecule has 1 saturated heterocycles. The highest BCUT2D eigenvalue weighted by molar-refractivity contribution is 5.25. The van der Waals surface area contributed by atoms with Crippen LogP contribution in [0.3, 0.4) is 0 Å². The van der Waals surface area contributed by atoms with Crippen molar-refractivity contribution >= 4 is 0 Å². The lowest BCUT2D eigenvalue weighted by atomic mass is 9.87. The zero-order valence-electron chi connectivity index (χ0n) is 13.2. The highest BCUT2D eigenvalue weighted by Crippen LogP contribution is 2.49. The standard InChI is InChI=1S/C18H28N2/c1-4-18(10-11-18)14-20-13-17(3,19-12-15(20)2)16-8-6-5-7-9-16/h5-9,15,19H,4,10-14H2,1-3H3. The second kappa shape index (κ2) is 5.16. The average molecular weight is 272 g/mol. The first-order chi connectivity index (χ1) is 9.57. The Morgan fingerprint density at radius 2 is 1.95 bits per heavy atom. The van der Waals surface area contributed by atoms with Crippen molar-refractivity contribution in [2.24, 2.45) is 5.41 Å². The molecule has 2 unspecified atom stereocenters. The number of piperazine rings is 1. The molecule has 2 atom stereocenters. The van der Waals surface area contributed by atoms with Gasteiger partial charge in [-0.2, -0.15) is 0 Å². The Morgan fingerprint density at radius 1 is 1.25 bits per heavy atom. The number of nitrogens with zero attached hydrogens (tertiary/aromatic N) is 1. The molecule has 1 aliphatic heterocycles. The van der Waals surface area contributed by atoms with Crippen LogP contribution in [-0.2, 0) is 5.54 Å². The number of nitrogens with one attached hydrogen (secondary N) is 1. The Morgan fingerprint density at radius 3 is 2.55 bits per heavy atom. The van der Waals surface area contributed by atoms with E-state index in [-0.39, 0.29) is 5.54 Å². The van der Waals surface area contributed by atoms with Gasteiger partial charge in [-0.3, -0.25) is 4.90 Å². The van der Waals surface area contributed by atoms with E-state index in [1.54, 1.807) is 0 Å².